The number of nitrogens with zero attached hydrogens (tertiary/aromatic N) is 2. The topological polar surface area (TPSA) is 36.9 Å². The number of benzene rings is 1. The lowest BCUT2D eigenvalue weighted by Crippen LogP contribution is -2.28. The van der Waals surface area contributed by atoms with E-state index in [0.29, 0.717) is 17.3 Å². The average Bonchev–Trinajstić information content (AvgIpc) is 2.62. The maximum Gasteiger partial charge on any atom is 0.139 e. The smallest absolute Gasteiger partial charge is 0.139 e. The fourth-order valence-electron chi connectivity index (χ4n) is 1.79. The number of ether oxygens (including phenoxy) is 1. The highest BCUT2D eigenvalue weighted by Gasteiger charge is 2.08. The van der Waals surface area contributed by atoms with Gasteiger partial charge < -0.3 is 15.0 Å². The first kappa shape index (κ1) is 20.8. The van der Waals surface area contributed by atoms with E-state index in [1.165, 1.54) is 5.57 Å². The molecule has 0 spiro atoms. The molecule has 136 valence electrons. The number of amidine groups is 1. The van der Waals surface area contributed by atoms with Crippen LogP contribution in [0.5, 0.6) is 5.75 Å². The van der Waals surface area contributed by atoms with Crippen LogP contribution in [-0.4, -0.2) is 24.4 Å². The summed E-state index contributed by atoms with van der Waals surface area (Å²) < 4.78 is 5.20. The number of nitrogens with one attached hydrogen (secondary N) is 1. The van der Waals surface area contributed by atoms with Crippen LogP contribution in [0.1, 0.15) is 34.1 Å². The van der Waals surface area contributed by atoms with Crippen molar-refractivity contribution < 1.29 is 4.74 Å². The third-order valence-electron chi connectivity index (χ3n) is 3.37. The Hall–Kier alpha value is -2.20. The predicted octanol–water partition coefficient (Wildman–Crippen LogP) is 5.84. The molecule has 1 aliphatic heterocycles. The van der Waals surface area contributed by atoms with Crippen molar-refractivity contribution in [2.24, 2.45) is 4.99 Å². The fourth-order valence-corrected chi connectivity index (χ4v) is 1.99. The number of halogens is 1. The standard InChI is InChI=1S/C15H18ClN3O.C5H10/c1-3-4-8-19-9-7-17-15(11-19)18-12-5-6-13(16)14(10-12)20-2;1-4-5(2)3/h4-10H,3,11H2,1-2H3,(H,17,18);4H,1-3H3/b8-4-;. The van der Waals surface area contributed by atoms with Crippen molar-refractivity contribution in [3.05, 3.63) is 59.5 Å². The Morgan fingerprint density at radius 3 is 2.72 bits per heavy atom. The van der Waals surface area contributed by atoms with E-state index in [0.717, 1.165) is 17.9 Å². The van der Waals surface area contributed by atoms with E-state index < -0.39 is 0 Å². The maximum absolute atomic E-state index is 6.01. The van der Waals surface area contributed by atoms with Gasteiger partial charge in [0.15, 0.2) is 0 Å². The summed E-state index contributed by atoms with van der Waals surface area (Å²) in [5, 5.41) is 3.87. The fraction of sp³-hybridized carbons (Fsp3) is 0.350. The van der Waals surface area contributed by atoms with Crippen molar-refractivity contribution in [1.29, 1.82) is 0 Å². The monoisotopic (exact) mass is 361 g/mol. The van der Waals surface area contributed by atoms with E-state index in [2.05, 4.69) is 54.3 Å². The molecular weight excluding hydrogens is 334 g/mol. The average molecular weight is 362 g/mol. The predicted molar refractivity (Wildman–Crippen MR) is 109 cm³/mol. The Kier molecular flexibility index (Phi) is 9.48. The lowest BCUT2D eigenvalue weighted by Gasteiger charge is -2.21. The van der Waals surface area contributed by atoms with Crippen LogP contribution in [-0.2, 0) is 0 Å². The van der Waals surface area contributed by atoms with Gasteiger partial charge in [-0.15, -0.1) is 0 Å². The Morgan fingerprint density at radius 2 is 2.12 bits per heavy atom. The SMILES string of the molecule is CC/C=C\N1C=CN=C(Nc2ccc(Cl)c(OC)c2)C1.CC=C(C)C. The summed E-state index contributed by atoms with van der Waals surface area (Å²) in [6.45, 7) is 9.02. The van der Waals surface area contributed by atoms with Gasteiger partial charge in [-0.25, -0.2) is 4.99 Å². The first-order chi connectivity index (χ1) is 12.0. The molecule has 0 bridgehead atoms. The van der Waals surface area contributed by atoms with Gasteiger partial charge in [0.1, 0.15) is 11.6 Å². The molecule has 0 saturated carbocycles. The molecule has 5 heteroatoms. The van der Waals surface area contributed by atoms with Crippen LogP contribution in [0.15, 0.2) is 59.5 Å². The number of aliphatic imine (C=N–C) groups is 1. The lowest BCUT2D eigenvalue weighted by molar-refractivity contribution is 0.415. The minimum absolute atomic E-state index is 0.594. The van der Waals surface area contributed by atoms with Crippen molar-refractivity contribution in [3.8, 4) is 5.75 Å². The molecule has 0 atom stereocenters. The number of anilines is 1. The summed E-state index contributed by atoms with van der Waals surface area (Å²) in [4.78, 5) is 6.41. The van der Waals surface area contributed by atoms with Crippen LogP contribution < -0.4 is 10.1 Å². The van der Waals surface area contributed by atoms with Gasteiger partial charge in [0.25, 0.3) is 0 Å². The molecule has 0 saturated heterocycles. The second-order valence-corrected chi connectivity index (χ2v) is 6.09. The van der Waals surface area contributed by atoms with E-state index in [1.807, 2.05) is 25.3 Å². The molecule has 0 aliphatic carbocycles. The molecule has 4 nitrogen and oxygen atoms in total. The lowest BCUT2D eigenvalue weighted by atomic mass is 10.3. The molecule has 0 amide bonds. The van der Waals surface area contributed by atoms with Gasteiger partial charge in [-0.1, -0.05) is 36.2 Å². The van der Waals surface area contributed by atoms with Crippen LogP contribution >= 0.6 is 11.6 Å². The minimum Gasteiger partial charge on any atom is -0.495 e. The molecule has 1 aliphatic rings. The first-order valence-electron chi connectivity index (χ1n) is 8.36. The Balaban J connectivity index is 0.000000550. The van der Waals surface area contributed by atoms with Gasteiger partial charge in [-0.2, -0.15) is 0 Å². The molecule has 2 rings (SSSR count). The molecular formula is C20H28ClN3O. The number of hydrogen-bond donors (Lipinski definition) is 1. The van der Waals surface area contributed by atoms with Crippen LogP contribution in [0.25, 0.3) is 0 Å². The molecule has 0 aromatic heterocycles. The third kappa shape index (κ3) is 7.94. The number of hydrogen-bond acceptors (Lipinski definition) is 4. The zero-order valence-corrected chi connectivity index (χ0v) is 16.5. The van der Waals surface area contributed by atoms with Crippen LogP contribution in [0.4, 0.5) is 5.69 Å². The van der Waals surface area contributed by atoms with Gasteiger partial charge in [0, 0.05) is 30.4 Å². The van der Waals surface area contributed by atoms with Gasteiger partial charge >= 0.3 is 0 Å². The molecule has 1 N–H and O–H groups in total. The van der Waals surface area contributed by atoms with E-state index >= 15 is 0 Å². The summed E-state index contributed by atoms with van der Waals surface area (Å²) >= 11 is 6.01. The zero-order chi connectivity index (χ0) is 18.7. The van der Waals surface area contributed by atoms with Crippen LogP contribution in [0.3, 0.4) is 0 Å². The van der Waals surface area contributed by atoms with Gasteiger partial charge in [0.05, 0.1) is 18.7 Å². The second kappa shape index (κ2) is 11.4. The molecule has 25 heavy (non-hydrogen) atoms. The zero-order valence-electron chi connectivity index (χ0n) is 15.7. The van der Waals surface area contributed by atoms with E-state index in [9.17, 15) is 0 Å². The Morgan fingerprint density at radius 1 is 1.40 bits per heavy atom. The largest absolute Gasteiger partial charge is 0.495 e. The highest BCUT2D eigenvalue weighted by molar-refractivity contribution is 6.32. The van der Waals surface area contributed by atoms with E-state index in [-0.39, 0.29) is 0 Å². The molecule has 1 aromatic rings. The summed E-state index contributed by atoms with van der Waals surface area (Å²) in [6, 6.07) is 5.56. The highest BCUT2D eigenvalue weighted by atomic mass is 35.5. The molecule has 0 radical (unpaired) electrons. The Bertz CT molecular complexity index is 659. The first-order valence-corrected chi connectivity index (χ1v) is 8.73. The summed E-state index contributed by atoms with van der Waals surface area (Å²) in [5.74, 6) is 1.52. The van der Waals surface area contributed by atoms with Crippen molar-refractivity contribution >= 4 is 23.1 Å². The second-order valence-electron chi connectivity index (χ2n) is 5.68. The maximum atomic E-state index is 6.01. The minimum atomic E-state index is 0.594. The Labute approximate surface area is 156 Å². The van der Waals surface area contributed by atoms with Crippen molar-refractivity contribution in [2.75, 3.05) is 19.0 Å². The number of methoxy groups -OCH3 is 1. The van der Waals surface area contributed by atoms with Gasteiger partial charge in [-0.3, -0.25) is 0 Å². The van der Waals surface area contributed by atoms with Gasteiger partial charge in [0.2, 0.25) is 0 Å². The third-order valence-corrected chi connectivity index (χ3v) is 3.68. The summed E-state index contributed by atoms with van der Waals surface area (Å²) in [5.41, 5.74) is 2.28. The molecule has 0 fully saturated rings. The van der Waals surface area contributed by atoms with Crippen molar-refractivity contribution in [3.63, 3.8) is 0 Å². The summed E-state index contributed by atoms with van der Waals surface area (Å²) in [7, 11) is 1.60. The molecule has 0 unspecified atom stereocenters. The van der Waals surface area contributed by atoms with Crippen LogP contribution in [0, 0.1) is 0 Å². The van der Waals surface area contributed by atoms with E-state index in [4.69, 9.17) is 16.3 Å². The molecule has 1 aromatic carbocycles. The van der Waals surface area contributed by atoms with E-state index in [1.54, 1.807) is 19.4 Å². The molecule has 1 heterocycles. The highest BCUT2D eigenvalue weighted by Crippen LogP contribution is 2.27. The van der Waals surface area contributed by atoms with Gasteiger partial charge in [-0.05, 0) is 39.3 Å². The normalized spacial score (nSPS) is 13.0. The summed E-state index contributed by atoms with van der Waals surface area (Å²) in [6.07, 6.45) is 11.0. The number of allylic oxidation sites excluding steroid dienone is 3. The quantitative estimate of drug-likeness (QED) is 0.684. The van der Waals surface area contributed by atoms with Crippen molar-refractivity contribution in [1.82, 2.24) is 4.90 Å². The van der Waals surface area contributed by atoms with Crippen LogP contribution in [0.2, 0.25) is 5.02 Å². The number of rotatable bonds is 4. The van der Waals surface area contributed by atoms with Crippen molar-refractivity contribution in [2.45, 2.75) is 34.1 Å².